The van der Waals surface area contributed by atoms with Crippen molar-refractivity contribution in [1.82, 2.24) is 4.90 Å². The summed E-state index contributed by atoms with van der Waals surface area (Å²) >= 11 is 0. The minimum absolute atomic E-state index is 0.100. The Hall–Kier alpha value is -0.0800. The Morgan fingerprint density at radius 3 is 2.17 bits per heavy atom. The van der Waals surface area contributed by atoms with E-state index in [-0.39, 0.29) is 11.5 Å². The zero-order valence-corrected chi connectivity index (χ0v) is 12.7. The highest BCUT2D eigenvalue weighted by atomic mass is 16.3. The zero-order valence-electron chi connectivity index (χ0n) is 12.7. The molecule has 1 aliphatic heterocycles. The molecule has 2 heteroatoms. The quantitative estimate of drug-likeness (QED) is 0.834. The second-order valence-electron chi connectivity index (χ2n) is 7.70. The molecule has 0 bridgehead atoms. The molecule has 106 valence electrons. The molecule has 2 aliphatic rings. The molecule has 2 fully saturated rings. The van der Waals surface area contributed by atoms with Crippen LogP contribution in [0.5, 0.6) is 0 Å². The first-order chi connectivity index (χ1) is 8.36. The lowest BCUT2D eigenvalue weighted by molar-refractivity contribution is 0.0217. The highest BCUT2D eigenvalue weighted by molar-refractivity contribution is 4.93. The van der Waals surface area contributed by atoms with Crippen molar-refractivity contribution in [3.8, 4) is 0 Å². The number of nitrogens with zero attached hydrogens (tertiary/aromatic N) is 1. The van der Waals surface area contributed by atoms with Crippen LogP contribution >= 0.6 is 0 Å². The first-order valence-electron chi connectivity index (χ1n) is 7.77. The molecule has 1 heterocycles. The van der Waals surface area contributed by atoms with Crippen molar-refractivity contribution in [2.75, 3.05) is 19.6 Å². The Balaban J connectivity index is 1.82. The fourth-order valence-electron chi connectivity index (χ4n) is 3.65. The van der Waals surface area contributed by atoms with Crippen molar-refractivity contribution in [2.24, 2.45) is 16.7 Å². The number of aliphatic hydroxyl groups is 1. The van der Waals surface area contributed by atoms with Gasteiger partial charge in [-0.25, -0.2) is 0 Å². The molecule has 0 spiro atoms. The third-order valence-electron chi connectivity index (χ3n) is 5.82. The SMILES string of the molecule is CCC1(C)CCN(CC2CCC(C)(C)C2O)CC1. The van der Waals surface area contributed by atoms with E-state index in [4.69, 9.17) is 0 Å². The molecule has 0 aromatic carbocycles. The molecule has 1 aliphatic carbocycles. The molecule has 0 amide bonds. The van der Waals surface area contributed by atoms with Crippen LogP contribution in [0.3, 0.4) is 0 Å². The summed E-state index contributed by atoms with van der Waals surface area (Å²) in [6.07, 6.45) is 6.25. The van der Waals surface area contributed by atoms with E-state index in [1.807, 2.05) is 0 Å². The summed E-state index contributed by atoms with van der Waals surface area (Å²) in [5.41, 5.74) is 0.711. The summed E-state index contributed by atoms with van der Waals surface area (Å²) in [4.78, 5) is 2.59. The minimum Gasteiger partial charge on any atom is -0.392 e. The summed E-state index contributed by atoms with van der Waals surface area (Å²) < 4.78 is 0. The van der Waals surface area contributed by atoms with E-state index < -0.39 is 0 Å². The van der Waals surface area contributed by atoms with Crippen molar-refractivity contribution >= 4 is 0 Å². The highest BCUT2D eigenvalue weighted by Crippen LogP contribution is 2.42. The normalized spacial score (nSPS) is 35.8. The number of piperidine rings is 1. The van der Waals surface area contributed by atoms with Crippen molar-refractivity contribution in [3.05, 3.63) is 0 Å². The Bertz CT molecular complexity index is 279. The van der Waals surface area contributed by atoms with Gasteiger partial charge in [-0.1, -0.05) is 34.1 Å². The van der Waals surface area contributed by atoms with Gasteiger partial charge in [0.05, 0.1) is 6.10 Å². The maximum atomic E-state index is 10.4. The van der Waals surface area contributed by atoms with Gasteiger partial charge < -0.3 is 10.0 Å². The van der Waals surface area contributed by atoms with Gasteiger partial charge in [0.25, 0.3) is 0 Å². The van der Waals surface area contributed by atoms with Crippen molar-refractivity contribution in [3.63, 3.8) is 0 Å². The Morgan fingerprint density at radius 1 is 1.11 bits per heavy atom. The van der Waals surface area contributed by atoms with Gasteiger partial charge in [-0.3, -0.25) is 0 Å². The van der Waals surface area contributed by atoms with Gasteiger partial charge in [-0.2, -0.15) is 0 Å². The van der Waals surface area contributed by atoms with Crippen LogP contribution in [0.25, 0.3) is 0 Å². The monoisotopic (exact) mass is 253 g/mol. The molecular weight excluding hydrogens is 222 g/mol. The van der Waals surface area contributed by atoms with E-state index in [0.717, 1.165) is 6.54 Å². The number of likely N-dealkylation sites (tertiary alicyclic amines) is 1. The van der Waals surface area contributed by atoms with Gasteiger partial charge in [0.15, 0.2) is 0 Å². The third kappa shape index (κ3) is 2.91. The number of hydrogen-bond acceptors (Lipinski definition) is 2. The summed E-state index contributed by atoms with van der Waals surface area (Å²) in [7, 11) is 0. The lowest BCUT2D eigenvalue weighted by atomic mass is 9.78. The number of aliphatic hydroxyl groups excluding tert-OH is 1. The Labute approximate surface area is 113 Å². The van der Waals surface area contributed by atoms with Crippen LogP contribution in [0.4, 0.5) is 0 Å². The molecule has 2 atom stereocenters. The average Bonchev–Trinajstić information content (AvgIpc) is 2.59. The summed E-state index contributed by atoms with van der Waals surface area (Å²) in [5.74, 6) is 0.506. The number of rotatable bonds is 3. The molecule has 1 saturated heterocycles. The number of hydrogen-bond donors (Lipinski definition) is 1. The molecule has 2 nitrogen and oxygen atoms in total. The van der Waals surface area contributed by atoms with Gasteiger partial charge in [-0.05, 0) is 55.5 Å². The first-order valence-corrected chi connectivity index (χ1v) is 7.77. The fourth-order valence-corrected chi connectivity index (χ4v) is 3.65. The smallest absolute Gasteiger partial charge is 0.0631 e. The van der Waals surface area contributed by atoms with E-state index in [2.05, 4.69) is 32.6 Å². The molecule has 0 aromatic rings. The van der Waals surface area contributed by atoms with Crippen LogP contribution < -0.4 is 0 Å². The maximum absolute atomic E-state index is 10.4. The average molecular weight is 253 g/mol. The van der Waals surface area contributed by atoms with E-state index in [1.165, 1.54) is 45.2 Å². The lowest BCUT2D eigenvalue weighted by Gasteiger charge is -2.40. The van der Waals surface area contributed by atoms with Gasteiger partial charge in [0.1, 0.15) is 0 Å². The first kappa shape index (κ1) is 14.3. The molecule has 1 saturated carbocycles. The largest absolute Gasteiger partial charge is 0.392 e. The molecule has 18 heavy (non-hydrogen) atoms. The van der Waals surface area contributed by atoms with E-state index in [1.54, 1.807) is 0 Å². The van der Waals surface area contributed by atoms with Crippen LogP contribution in [0.1, 0.15) is 59.8 Å². The molecule has 2 rings (SSSR count). The van der Waals surface area contributed by atoms with E-state index in [9.17, 15) is 5.11 Å². The molecular formula is C16H31NO. The van der Waals surface area contributed by atoms with E-state index in [0.29, 0.717) is 11.3 Å². The molecule has 0 radical (unpaired) electrons. The summed E-state index contributed by atoms with van der Waals surface area (Å²) in [5, 5.41) is 10.4. The predicted molar refractivity (Wildman–Crippen MR) is 76.6 cm³/mol. The molecule has 2 unspecified atom stereocenters. The maximum Gasteiger partial charge on any atom is 0.0631 e. The zero-order chi connectivity index (χ0) is 13.4. The minimum atomic E-state index is -0.100. The Morgan fingerprint density at radius 2 is 1.72 bits per heavy atom. The van der Waals surface area contributed by atoms with Crippen LogP contribution in [-0.4, -0.2) is 35.7 Å². The van der Waals surface area contributed by atoms with Crippen LogP contribution in [0, 0.1) is 16.7 Å². The van der Waals surface area contributed by atoms with E-state index >= 15 is 0 Å². The van der Waals surface area contributed by atoms with Gasteiger partial charge >= 0.3 is 0 Å². The summed E-state index contributed by atoms with van der Waals surface area (Å²) in [6.45, 7) is 12.7. The second kappa shape index (κ2) is 5.13. The highest BCUT2D eigenvalue weighted by Gasteiger charge is 2.41. The van der Waals surface area contributed by atoms with Gasteiger partial charge in [0, 0.05) is 6.54 Å². The Kier molecular flexibility index (Phi) is 4.08. The molecule has 1 N–H and O–H groups in total. The third-order valence-corrected chi connectivity index (χ3v) is 5.82. The summed E-state index contributed by atoms with van der Waals surface area (Å²) in [6, 6.07) is 0. The van der Waals surface area contributed by atoms with Gasteiger partial charge in [0.2, 0.25) is 0 Å². The van der Waals surface area contributed by atoms with Crippen LogP contribution in [0.2, 0.25) is 0 Å². The van der Waals surface area contributed by atoms with Crippen molar-refractivity contribution < 1.29 is 5.11 Å². The molecule has 0 aromatic heterocycles. The van der Waals surface area contributed by atoms with Crippen LogP contribution in [0.15, 0.2) is 0 Å². The lowest BCUT2D eigenvalue weighted by Crippen LogP contribution is -2.43. The van der Waals surface area contributed by atoms with Gasteiger partial charge in [-0.15, -0.1) is 0 Å². The van der Waals surface area contributed by atoms with Crippen LogP contribution in [-0.2, 0) is 0 Å². The topological polar surface area (TPSA) is 23.5 Å². The standard InChI is InChI=1S/C16H31NO/c1-5-16(4)8-10-17(11-9-16)12-13-6-7-15(2,3)14(13)18/h13-14,18H,5-12H2,1-4H3. The predicted octanol–water partition coefficient (Wildman–Crippen LogP) is 3.30. The van der Waals surface area contributed by atoms with Crippen molar-refractivity contribution in [1.29, 1.82) is 0 Å². The second-order valence-corrected chi connectivity index (χ2v) is 7.70. The van der Waals surface area contributed by atoms with Crippen molar-refractivity contribution in [2.45, 2.75) is 65.9 Å². The fraction of sp³-hybridized carbons (Fsp3) is 1.00.